The minimum absolute atomic E-state index is 0.553. The van der Waals surface area contributed by atoms with Gasteiger partial charge >= 0.3 is 0 Å². The highest BCUT2D eigenvalue weighted by atomic mass is 15.3. The monoisotopic (exact) mass is 281 g/mol. The van der Waals surface area contributed by atoms with Crippen molar-refractivity contribution in [1.82, 2.24) is 15.1 Å². The number of hydrogen-bond donors (Lipinski definition) is 1. The summed E-state index contributed by atoms with van der Waals surface area (Å²) in [6.45, 7) is 12.1. The highest BCUT2D eigenvalue weighted by molar-refractivity contribution is 4.90. The maximum Gasteiger partial charge on any atom is 0.0195 e. The van der Waals surface area contributed by atoms with Gasteiger partial charge in [-0.3, -0.25) is 4.90 Å². The smallest absolute Gasteiger partial charge is 0.0195 e. The Morgan fingerprint density at radius 1 is 1.15 bits per heavy atom. The van der Waals surface area contributed by atoms with E-state index in [0.717, 1.165) is 6.04 Å². The third kappa shape index (κ3) is 4.44. The van der Waals surface area contributed by atoms with Crippen molar-refractivity contribution >= 4 is 0 Å². The molecule has 3 nitrogen and oxygen atoms in total. The molecule has 2 aliphatic rings. The van der Waals surface area contributed by atoms with Crippen molar-refractivity contribution in [2.24, 2.45) is 5.41 Å². The van der Waals surface area contributed by atoms with E-state index in [9.17, 15) is 0 Å². The summed E-state index contributed by atoms with van der Waals surface area (Å²) in [7, 11) is 2.26. The van der Waals surface area contributed by atoms with Crippen LogP contribution < -0.4 is 5.32 Å². The minimum Gasteiger partial charge on any atom is -0.316 e. The molecule has 1 aliphatic heterocycles. The lowest BCUT2D eigenvalue weighted by molar-refractivity contribution is 0.0366. The summed E-state index contributed by atoms with van der Waals surface area (Å²) < 4.78 is 0. The minimum atomic E-state index is 0.553. The lowest BCUT2D eigenvalue weighted by atomic mass is 9.73. The lowest BCUT2D eigenvalue weighted by Gasteiger charge is -2.46. The van der Waals surface area contributed by atoms with E-state index in [-0.39, 0.29) is 0 Å². The second-order valence-corrected chi connectivity index (χ2v) is 7.32. The highest BCUT2D eigenvalue weighted by Crippen LogP contribution is 2.37. The van der Waals surface area contributed by atoms with E-state index in [0.29, 0.717) is 5.41 Å². The number of rotatable bonds is 6. The van der Waals surface area contributed by atoms with Crippen molar-refractivity contribution in [1.29, 1.82) is 0 Å². The molecule has 1 N–H and O–H groups in total. The van der Waals surface area contributed by atoms with Crippen LogP contribution in [0.1, 0.15) is 52.4 Å². The van der Waals surface area contributed by atoms with Crippen molar-refractivity contribution in [3.8, 4) is 0 Å². The summed E-state index contributed by atoms with van der Waals surface area (Å²) in [5.74, 6) is 0. The van der Waals surface area contributed by atoms with Gasteiger partial charge in [0.15, 0.2) is 0 Å². The highest BCUT2D eigenvalue weighted by Gasteiger charge is 2.35. The van der Waals surface area contributed by atoms with Crippen molar-refractivity contribution in [2.45, 2.75) is 58.4 Å². The van der Waals surface area contributed by atoms with Gasteiger partial charge in [0.05, 0.1) is 0 Å². The Morgan fingerprint density at radius 3 is 2.55 bits per heavy atom. The zero-order valence-corrected chi connectivity index (χ0v) is 14.0. The fraction of sp³-hybridized carbons (Fsp3) is 1.00. The summed E-state index contributed by atoms with van der Waals surface area (Å²) in [6.07, 6.45) is 8.45. The summed E-state index contributed by atoms with van der Waals surface area (Å²) in [4.78, 5) is 5.24. The summed E-state index contributed by atoms with van der Waals surface area (Å²) in [5, 5.41) is 3.72. The molecule has 0 aromatic rings. The molecule has 0 radical (unpaired) electrons. The SMILES string of the molecule is CCCNCC1(CN2CCN(C)CC2C)CCCCC1. The normalized spacial score (nSPS) is 28.6. The van der Waals surface area contributed by atoms with Gasteiger partial charge in [0.2, 0.25) is 0 Å². The van der Waals surface area contributed by atoms with Crippen LogP contribution in [-0.2, 0) is 0 Å². The second kappa shape index (κ2) is 7.77. The number of nitrogens with one attached hydrogen (secondary N) is 1. The van der Waals surface area contributed by atoms with Crippen LogP contribution >= 0.6 is 0 Å². The Bertz CT molecular complexity index is 273. The summed E-state index contributed by atoms with van der Waals surface area (Å²) in [5.41, 5.74) is 0.553. The molecular formula is C17H35N3. The average Bonchev–Trinajstić information content (AvgIpc) is 2.44. The van der Waals surface area contributed by atoms with E-state index in [1.54, 1.807) is 0 Å². The van der Waals surface area contributed by atoms with Gasteiger partial charge in [-0.1, -0.05) is 26.2 Å². The van der Waals surface area contributed by atoms with Gasteiger partial charge in [0.1, 0.15) is 0 Å². The fourth-order valence-electron chi connectivity index (χ4n) is 4.07. The second-order valence-electron chi connectivity index (χ2n) is 7.32. The van der Waals surface area contributed by atoms with E-state index in [1.807, 2.05) is 0 Å². The van der Waals surface area contributed by atoms with Crippen LogP contribution in [-0.4, -0.2) is 62.2 Å². The molecule has 1 atom stereocenters. The Kier molecular flexibility index (Phi) is 6.31. The Morgan fingerprint density at radius 2 is 1.90 bits per heavy atom. The predicted molar refractivity (Wildman–Crippen MR) is 87.2 cm³/mol. The Labute approximate surface area is 126 Å². The van der Waals surface area contributed by atoms with E-state index < -0.39 is 0 Å². The van der Waals surface area contributed by atoms with Crippen LogP contribution in [0.15, 0.2) is 0 Å². The van der Waals surface area contributed by atoms with Gasteiger partial charge in [-0.25, -0.2) is 0 Å². The maximum atomic E-state index is 3.72. The first kappa shape index (κ1) is 16.3. The molecule has 0 aromatic heterocycles. The lowest BCUT2D eigenvalue weighted by Crippen LogP contribution is -2.55. The molecule has 1 aliphatic carbocycles. The number of hydrogen-bond acceptors (Lipinski definition) is 3. The first-order valence-corrected chi connectivity index (χ1v) is 8.78. The van der Waals surface area contributed by atoms with Crippen LogP contribution in [0.25, 0.3) is 0 Å². The average molecular weight is 281 g/mol. The summed E-state index contributed by atoms with van der Waals surface area (Å²) >= 11 is 0. The van der Waals surface area contributed by atoms with E-state index >= 15 is 0 Å². The molecule has 1 saturated heterocycles. The van der Waals surface area contributed by atoms with E-state index in [1.165, 1.54) is 77.8 Å². The standard InChI is InChI=1S/C17H35N3/c1-4-10-18-14-17(8-6-5-7-9-17)15-20-12-11-19(3)13-16(20)2/h16,18H,4-15H2,1-3H3. The zero-order chi connectivity index (χ0) is 14.4. The Balaban J connectivity index is 1.92. The van der Waals surface area contributed by atoms with Crippen molar-refractivity contribution < 1.29 is 0 Å². The zero-order valence-electron chi connectivity index (χ0n) is 14.0. The Hall–Kier alpha value is -0.120. The first-order valence-electron chi connectivity index (χ1n) is 8.78. The van der Waals surface area contributed by atoms with Crippen LogP contribution in [0.4, 0.5) is 0 Å². The molecule has 0 amide bonds. The van der Waals surface area contributed by atoms with E-state index in [4.69, 9.17) is 0 Å². The third-order valence-electron chi connectivity index (χ3n) is 5.35. The van der Waals surface area contributed by atoms with Gasteiger partial charge in [-0.05, 0) is 45.2 Å². The van der Waals surface area contributed by atoms with Crippen LogP contribution in [0.5, 0.6) is 0 Å². The molecule has 20 heavy (non-hydrogen) atoms. The topological polar surface area (TPSA) is 18.5 Å². The first-order chi connectivity index (χ1) is 9.65. The molecule has 2 fully saturated rings. The molecule has 118 valence electrons. The van der Waals surface area contributed by atoms with Crippen molar-refractivity contribution in [3.63, 3.8) is 0 Å². The molecule has 1 unspecified atom stereocenters. The predicted octanol–water partition coefficient (Wildman–Crippen LogP) is 2.57. The van der Waals surface area contributed by atoms with Crippen molar-refractivity contribution in [2.75, 3.05) is 46.3 Å². The largest absolute Gasteiger partial charge is 0.316 e. The van der Waals surface area contributed by atoms with Crippen LogP contribution in [0, 0.1) is 5.41 Å². The van der Waals surface area contributed by atoms with Gasteiger partial charge < -0.3 is 10.2 Å². The number of nitrogens with zero attached hydrogens (tertiary/aromatic N) is 2. The van der Waals surface area contributed by atoms with Crippen LogP contribution in [0.3, 0.4) is 0 Å². The molecule has 3 heteroatoms. The van der Waals surface area contributed by atoms with Gasteiger partial charge in [0, 0.05) is 38.8 Å². The molecular weight excluding hydrogens is 246 g/mol. The van der Waals surface area contributed by atoms with Gasteiger partial charge in [-0.2, -0.15) is 0 Å². The number of likely N-dealkylation sites (N-methyl/N-ethyl adjacent to an activating group) is 1. The van der Waals surface area contributed by atoms with Crippen LogP contribution in [0.2, 0.25) is 0 Å². The molecule has 1 saturated carbocycles. The van der Waals surface area contributed by atoms with Gasteiger partial charge in [0.25, 0.3) is 0 Å². The molecule has 0 spiro atoms. The molecule has 0 aromatic carbocycles. The number of piperazine rings is 1. The fourth-order valence-corrected chi connectivity index (χ4v) is 4.07. The molecule has 0 bridgehead atoms. The third-order valence-corrected chi connectivity index (χ3v) is 5.35. The van der Waals surface area contributed by atoms with Gasteiger partial charge in [-0.15, -0.1) is 0 Å². The quantitative estimate of drug-likeness (QED) is 0.755. The maximum absolute atomic E-state index is 3.72. The molecule has 1 heterocycles. The van der Waals surface area contributed by atoms with E-state index in [2.05, 4.69) is 36.0 Å². The molecule has 2 rings (SSSR count). The van der Waals surface area contributed by atoms with Crippen molar-refractivity contribution in [3.05, 3.63) is 0 Å². The summed E-state index contributed by atoms with van der Waals surface area (Å²) in [6, 6.07) is 0.721.